The van der Waals surface area contributed by atoms with E-state index in [-0.39, 0.29) is 0 Å². The van der Waals surface area contributed by atoms with Gasteiger partial charge in [-0.2, -0.15) is 0 Å². The fraction of sp³-hybridized carbons (Fsp3) is 0.600. The van der Waals surface area contributed by atoms with Crippen LogP contribution in [0, 0.1) is 6.92 Å². The van der Waals surface area contributed by atoms with Crippen molar-refractivity contribution in [2.24, 2.45) is 0 Å². The zero-order valence-electron chi connectivity index (χ0n) is 11.4. The number of fused-ring (bicyclic) bond motifs is 1. The molecule has 2 atom stereocenters. The molecule has 3 rings (SSSR count). The van der Waals surface area contributed by atoms with E-state index < -0.39 is 0 Å². The fourth-order valence-corrected chi connectivity index (χ4v) is 3.35. The van der Waals surface area contributed by atoms with Crippen molar-refractivity contribution >= 4 is 11.4 Å². The Morgan fingerprint density at radius 1 is 1.28 bits per heavy atom. The molecule has 2 heterocycles. The zero-order valence-corrected chi connectivity index (χ0v) is 11.4. The maximum absolute atomic E-state index is 6.04. The maximum Gasteiger partial charge on any atom is 0.0390 e. The van der Waals surface area contributed by atoms with Crippen LogP contribution in [0.4, 0.5) is 11.4 Å². The lowest BCUT2D eigenvalue weighted by Gasteiger charge is -2.43. The van der Waals surface area contributed by atoms with Gasteiger partial charge in [0, 0.05) is 36.5 Å². The highest BCUT2D eigenvalue weighted by Gasteiger charge is 2.34. The Morgan fingerprint density at radius 3 is 2.89 bits per heavy atom. The van der Waals surface area contributed by atoms with E-state index in [2.05, 4.69) is 41.8 Å². The standard InChI is InChI=1S/C15H23N3/c1-11-5-6-13(8-15(11)16)18-10-14-4-3-7-17(14)9-12(18)2/h5-6,8,12,14H,3-4,7,9-10,16H2,1-2H3. The van der Waals surface area contributed by atoms with Crippen LogP contribution >= 0.6 is 0 Å². The molecular weight excluding hydrogens is 222 g/mol. The van der Waals surface area contributed by atoms with Crippen LogP contribution in [0.3, 0.4) is 0 Å². The summed E-state index contributed by atoms with van der Waals surface area (Å²) < 4.78 is 0. The second-order valence-corrected chi connectivity index (χ2v) is 5.83. The normalized spacial score (nSPS) is 28.4. The van der Waals surface area contributed by atoms with Crippen molar-refractivity contribution in [3.05, 3.63) is 23.8 Å². The van der Waals surface area contributed by atoms with Gasteiger partial charge in [-0.05, 0) is 50.9 Å². The Hall–Kier alpha value is -1.22. The first-order chi connectivity index (χ1) is 8.65. The largest absolute Gasteiger partial charge is 0.398 e. The second-order valence-electron chi connectivity index (χ2n) is 5.83. The molecule has 1 aromatic rings. The van der Waals surface area contributed by atoms with E-state index in [9.17, 15) is 0 Å². The summed E-state index contributed by atoms with van der Waals surface area (Å²) in [7, 11) is 0. The molecule has 2 N–H and O–H groups in total. The summed E-state index contributed by atoms with van der Waals surface area (Å²) in [5, 5.41) is 0. The van der Waals surface area contributed by atoms with Gasteiger partial charge in [0.25, 0.3) is 0 Å². The molecule has 3 nitrogen and oxygen atoms in total. The number of nitrogen functional groups attached to an aromatic ring is 1. The minimum Gasteiger partial charge on any atom is -0.398 e. The summed E-state index contributed by atoms with van der Waals surface area (Å²) in [5.74, 6) is 0. The number of hydrogen-bond donors (Lipinski definition) is 1. The van der Waals surface area contributed by atoms with Crippen molar-refractivity contribution in [1.29, 1.82) is 0 Å². The highest BCUT2D eigenvalue weighted by Crippen LogP contribution is 2.30. The van der Waals surface area contributed by atoms with Gasteiger partial charge in [-0.3, -0.25) is 4.90 Å². The van der Waals surface area contributed by atoms with E-state index in [1.807, 2.05) is 0 Å². The quantitative estimate of drug-likeness (QED) is 0.770. The first-order valence-electron chi connectivity index (χ1n) is 7.02. The van der Waals surface area contributed by atoms with Gasteiger partial charge in [0.1, 0.15) is 0 Å². The third-order valence-electron chi connectivity index (χ3n) is 4.53. The fourth-order valence-electron chi connectivity index (χ4n) is 3.35. The summed E-state index contributed by atoms with van der Waals surface area (Å²) in [5.41, 5.74) is 9.41. The van der Waals surface area contributed by atoms with E-state index >= 15 is 0 Å². The summed E-state index contributed by atoms with van der Waals surface area (Å²) in [6, 6.07) is 7.83. The van der Waals surface area contributed by atoms with E-state index in [4.69, 9.17) is 5.73 Å². The highest BCUT2D eigenvalue weighted by atomic mass is 15.3. The number of anilines is 2. The minimum absolute atomic E-state index is 0.585. The molecular formula is C15H23N3. The summed E-state index contributed by atoms with van der Waals surface area (Å²) in [4.78, 5) is 5.18. The second kappa shape index (κ2) is 4.47. The molecule has 2 saturated heterocycles. The average Bonchev–Trinajstić information content (AvgIpc) is 2.79. The predicted molar refractivity (Wildman–Crippen MR) is 77.0 cm³/mol. The lowest BCUT2D eigenvalue weighted by atomic mass is 10.1. The van der Waals surface area contributed by atoms with Gasteiger partial charge in [-0.25, -0.2) is 0 Å². The maximum atomic E-state index is 6.04. The topological polar surface area (TPSA) is 32.5 Å². The first-order valence-corrected chi connectivity index (χ1v) is 7.02. The Kier molecular flexibility index (Phi) is 2.94. The monoisotopic (exact) mass is 245 g/mol. The molecule has 2 fully saturated rings. The Morgan fingerprint density at radius 2 is 2.11 bits per heavy atom. The van der Waals surface area contributed by atoms with Gasteiger partial charge in [0.05, 0.1) is 0 Å². The smallest absolute Gasteiger partial charge is 0.0390 e. The van der Waals surface area contributed by atoms with Crippen LogP contribution in [0.5, 0.6) is 0 Å². The number of piperazine rings is 1. The number of nitrogens with zero attached hydrogens (tertiary/aromatic N) is 2. The van der Waals surface area contributed by atoms with Gasteiger partial charge in [0.2, 0.25) is 0 Å². The van der Waals surface area contributed by atoms with Crippen molar-refractivity contribution in [3.8, 4) is 0 Å². The Balaban J connectivity index is 1.84. The van der Waals surface area contributed by atoms with Gasteiger partial charge >= 0.3 is 0 Å². The van der Waals surface area contributed by atoms with Crippen molar-refractivity contribution in [1.82, 2.24) is 4.90 Å². The van der Waals surface area contributed by atoms with Gasteiger partial charge in [-0.1, -0.05) is 6.07 Å². The summed E-state index contributed by atoms with van der Waals surface area (Å²) in [6.07, 6.45) is 2.71. The molecule has 1 aromatic carbocycles. The van der Waals surface area contributed by atoms with E-state index in [0.29, 0.717) is 6.04 Å². The highest BCUT2D eigenvalue weighted by molar-refractivity contribution is 5.60. The molecule has 0 saturated carbocycles. The van der Waals surface area contributed by atoms with Crippen molar-refractivity contribution < 1.29 is 0 Å². The van der Waals surface area contributed by atoms with Gasteiger partial charge < -0.3 is 10.6 Å². The van der Waals surface area contributed by atoms with Crippen molar-refractivity contribution in [3.63, 3.8) is 0 Å². The molecule has 18 heavy (non-hydrogen) atoms. The van der Waals surface area contributed by atoms with Crippen LogP contribution in [0.2, 0.25) is 0 Å². The zero-order chi connectivity index (χ0) is 12.7. The minimum atomic E-state index is 0.585. The lowest BCUT2D eigenvalue weighted by Crippen LogP contribution is -2.55. The molecule has 0 spiro atoms. The Bertz CT molecular complexity index is 443. The molecule has 0 aromatic heterocycles. The average molecular weight is 245 g/mol. The number of aryl methyl sites for hydroxylation is 1. The van der Waals surface area contributed by atoms with Crippen LogP contribution in [-0.4, -0.2) is 36.6 Å². The molecule has 0 bridgehead atoms. The van der Waals surface area contributed by atoms with Crippen LogP contribution in [0.25, 0.3) is 0 Å². The van der Waals surface area contributed by atoms with Crippen LogP contribution in [-0.2, 0) is 0 Å². The molecule has 3 heteroatoms. The van der Waals surface area contributed by atoms with E-state index in [1.165, 1.54) is 37.2 Å². The van der Waals surface area contributed by atoms with Crippen molar-refractivity contribution in [2.75, 3.05) is 30.3 Å². The van der Waals surface area contributed by atoms with Crippen LogP contribution < -0.4 is 10.6 Å². The number of hydrogen-bond acceptors (Lipinski definition) is 3. The third kappa shape index (κ3) is 1.97. The molecule has 0 amide bonds. The molecule has 2 aliphatic heterocycles. The Labute approximate surface area is 110 Å². The SMILES string of the molecule is Cc1ccc(N2CC3CCCN3CC2C)cc1N. The molecule has 0 aliphatic carbocycles. The third-order valence-corrected chi connectivity index (χ3v) is 4.53. The van der Waals surface area contributed by atoms with E-state index in [0.717, 1.165) is 18.3 Å². The summed E-state index contributed by atoms with van der Waals surface area (Å²) >= 11 is 0. The molecule has 98 valence electrons. The first kappa shape index (κ1) is 11.8. The van der Waals surface area contributed by atoms with Gasteiger partial charge in [0.15, 0.2) is 0 Å². The lowest BCUT2D eigenvalue weighted by molar-refractivity contribution is 0.203. The van der Waals surface area contributed by atoms with Crippen LogP contribution in [0.15, 0.2) is 18.2 Å². The molecule has 2 aliphatic rings. The molecule has 2 unspecified atom stereocenters. The number of benzene rings is 1. The van der Waals surface area contributed by atoms with Crippen LogP contribution in [0.1, 0.15) is 25.3 Å². The van der Waals surface area contributed by atoms with E-state index in [1.54, 1.807) is 0 Å². The van der Waals surface area contributed by atoms with Gasteiger partial charge in [-0.15, -0.1) is 0 Å². The predicted octanol–water partition coefficient (Wildman–Crippen LogP) is 2.25. The summed E-state index contributed by atoms with van der Waals surface area (Å²) in [6.45, 7) is 8.03. The molecule has 0 radical (unpaired) electrons. The number of rotatable bonds is 1. The number of nitrogens with two attached hydrogens (primary N) is 1. The van der Waals surface area contributed by atoms with Crippen molar-refractivity contribution in [2.45, 2.75) is 38.8 Å².